The Bertz CT molecular complexity index is 1250. The molecular weight excluding hydrogens is 499 g/mol. The lowest BCUT2D eigenvalue weighted by molar-refractivity contribution is -0.120. The molecule has 1 saturated heterocycles. The van der Waals surface area contributed by atoms with Gasteiger partial charge >= 0.3 is 0 Å². The lowest BCUT2D eigenvalue weighted by Crippen LogP contribution is -2.48. The minimum Gasteiger partial charge on any atom is -0.373 e. The van der Waals surface area contributed by atoms with E-state index in [1.165, 1.54) is 22.6 Å². The van der Waals surface area contributed by atoms with Crippen LogP contribution in [0.5, 0.6) is 0 Å². The molecule has 5 rings (SSSR count). The lowest BCUT2D eigenvalue weighted by Gasteiger charge is -2.40. The summed E-state index contributed by atoms with van der Waals surface area (Å²) in [4.78, 5) is 24.5. The van der Waals surface area contributed by atoms with Crippen LogP contribution in [-0.4, -0.2) is 55.6 Å². The molecule has 1 aromatic heterocycles. The van der Waals surface area contributed by atoms with Crippen molar-refractivity contribution in [2.45, 2.75) is 18.3 Å². The number of likely N-dealkylation sites (N-methyl/N-ethyl adjacent to an activating group) is 1. The number of carbonyl (C=O) groups is 1. The molecule has 3 aromatic rings. The number of para-hydroxylation sites is 1. The quantitative estimate of drug-likeness (QED) is 0.362. The zero-order valence-electron chi connectivity index (χ0n) is 19.7. The molecule has 0 bridgehead atoms. The zero-order valence-corrected chi connectivity index (χ0v) is 22.0. The number of fused-ring (bicyclic) bond motifs is 2. The van der Waals surface area contributed by atoms with Crippen molar-refractivity contribution in [1.82, 2.24) is 9.88 Å². The summed E-state index contributed by atoms with van der Waals surface area (Å²) in [6, 6.07) is 14.2. The molecule has 5 nitrogen and oxygen atoms in total. The summed E-state index contributed by atoms with van der Waals surface area (Å²) < 4.78 is 0. The van der Waals surface area contributed by atoms with Crippen molar-refractivity contribution in [3.05, 3.63) is 76.1 Å². The Labute approximate surface area is 220 Å². The van der Waals surface area contributed by atoms with Crippen LogP contribution in [0.3, 0.4) is 0 Å². The van der Waals surface area contributed by atoms with Gasteiger partial charge in [-0.05, 0) is 49.7 Å². The number of amides is 1. The van der Waals surface area contributed by atoms with Crippen LogP contribution in [-0.2, 0) is 10.2 Å². The van der Waals surface area contributed by atoms with Crippen LogP contribution in [0.4, 0.5) is 10.8 Å². The molecule has 0 radical (unpaired) electrons. The van der Waals surface area contributed by atoms with Gasteiger partial charge in [-0.15, -0.1) is 17.9 Å². The Hall–Kier alpha value is -2.38. The number of nitrogens with zero attached hydrogens (tertiary/aromatic N) is 4. The summed E-state index contributed by atoms with van der Waals surface area (Å²) in [6.07, 6.45) is 3.86. The number of piperidine rings is 1. The Morgan fingerprint density at radius 1 is 1.20 bits per heavy atom. The van der Waals surface area contributed by atoms with Gasteiger partial charge in [-0.1, -0.05) is 53.5 Å². The largest absolute Gasteiger partial charge is 0.373 e. The van der Waals surface area contributed by atoms with Gasteiger partial charge in [-0.2, -0.15) is 0 Å². The topological polar surface area (TPSA) is 39.7 Å². The number of hydrogen-bond donors (Lipinski definition) is 0. The molecule has 1 amide bonds. The highest BCUT2D eigenvalue weighted by Crippen LogP contribution is 2.46. The SMILES string of the molecule is C=CCN(C(=O)CN1CCC2(CC1)CN(C)c1ccccc12)c1nc(-c2ccc(Cl)c(Cl)c2)cs1. The second-order valence-electron chi connectivity index (χ2n) is 9.37. The molecule has 3 heterocycles. The normalized spacial score (nSPS) is 16.9. The van der Waals surface area contributed by atoms with E-state index in [9.17, 15) is 4.79 Å². The van der Waals surface area contributed by atoms with Crippen LogP contribution >= 0.6 is 34.5 Å². The average Bonchev–Trinajstić information content (AvgIpc) is 3.45. The molecule has 182 valence electrons. The lowest BCUT2D eigenvalue weighted by atomic mass is 9.74. The number of likely N-dealkylation sites (tertiary alicyclic amines) is 1. The number of aromatic nitrogens is 1. The van der Waals surface area contributed by atoms with Crippen molar-refractivity contribution in [2.75, 3.05) is 49.6 Å². The molecular formula is C27H28Cl2N4OS. The molecule has 0 aliphatic carbocycles. The van der Waals surface area contributed by atoms with Crippen molar-refractivity contribution in [3.8, 4) is 11.3 Å². The Morgan fingerprint density at radius 3 is 2.71 bits per heavy atom. The van der Waals surface area contributed by atoms with Crippen molar-refractivity contribution < 1.29 is 4.79 Å². The van der Waals surface area contributed by atoms with Crippen molar-refractivity contribution in [2.24, 2.45) is 0 Å². The number of benzene rings is 2. The van der Waals surface area contributed by atoms with Gasteiger partial charge in [0.05, 0.1) is 22.3 Å². The number of rotatable bonds is 6. The number of thiazole rings is 1. The van der Waals surface area contributed by atoms with E-state index in [1.807, 2.05) is 11.4 Å². The van der Waals surface area contributed by atoms with Gasteiger partial charge in [-0.3, -0.25) is 14.6 Å². The molecule has 2 aliphatic heterocycles. The first-order valence-corrected chi connectivity index (χ1v) is 13.4. The van der Waals surface area contributed by atoms with E-state index in [1.54, 1.807) is 23.1 Å². The molecule has 2 aliphatic rings. The number of carbonyl (C=O) groups excluding carboxylic acids is 1. The van der Waals surface area contributed by atoms with Gasteiger partial charge in [0, 0.05) is 42.2 Å². The van der Waals surface area contributed by atoms with E-state index in [0.717, 1.165) is 43.7 Å². The predicted octanol–water partition coefficient (Wildman–Crippen LogP) is 6.12. The minimum atomic E-state index is 0.0415. The molecule has 8 heteroatoms. The van der Waals surface area contributed by atoms with Crippen LogP contribution in [0.1, 0.15) is 18.4 Å². The third-order valence-electron chi connectivity index (χ3n) is 7.15. The zero-order chi connectivity index (χ0) is 24.6. The maximum absolute atomic E-state index is 13.4. The third kappa shape index (κ3) is 4.73. The van der Waals surface area contributed by atoms with Crippen LogP contribution < -0.4 is 9.80 Å². The van der Waals surface area contributed by atoms with E-state index in [0.29, 0.717) is 28.3 Å². The van der Waals surface area contributed by atoms with Crippen molar-refractivity contribution in [1.29, 1.82) is 0 Å². The molecule has 0 unspecified atom stereocenters. The number of hydrogen-bond acceptors (Lipinski definition) is 5. The molecule has 0 saturated carbocycles. The fourth-order valence-electron chi connectivity index (χ4n) is 5.31. The van der Waals surface area contributed by atoms with Gasteiger partial charge in [0.15, 0.2) is 5.13 Å². The van der Waals surface area contributed by atoms with E-state index in [4.69, 9.17) is 28.2 Å². The highest BCUT2D eigenvalue weighted by atomic mass is 35.5. The second kappa shape index (κ2) is 9.94. The Balaban J connectivity index is 1.26. The van der Waals surface area contributed by atoms with Crippen LogP contribution in [0, 0.1) is 0 Å². The van der Waals surface area contributed by atoms with E-state index < -0.39 is 0 Å². The summed E-state index contributed by atoms with van der Waals surface area (Å²) in [7, 11) is 2.18. The van der Waals surface area contributed by atoms with Crippen molar-refractivity contribution >= 4 is 51.3 Å². The molecule has 35 heavy (non-hydrogen) atoms. The highest BCUT2D eigenvalue weighted by molar-refractivity contribution is 7.14. The summed E-state index contributed by atoms with van der Waals surface area (Å²) in [5.41, 5.74) is 4.64. The molecule has 0 atom stereocenters. The third-order valence-corrected chi connectivity index (χ3v) is 8.75. The maximum Gasteiger partial charge on any atom is 0.243 e. The summed E-state index contributed by atoms with van der Waals surface area (Å²) in [5.74, 6) is 0.0415. The van der Waals surface area contributed by atoms with Crippen LogP contribution in [0.2, 0.25) is 10.0 Å². The smallest absolute Gasteiger partial charge is 0.243 e. The second-order valence-corrected chi connectivity index (χ2v) is 11.0. The molecule has 2 aromatic carbocycles. The van der Waals surface area contributed by atoms with Crippen LogP contribution in [0.25, 0.3) is 11.3 Å². The summed E-state index contributed by atoms with van der Waals surface area (Å²) in [5, 5.41) is 3.59. The first kappa shape index (κ1) is 24.3. The minimum absolute atomic E-state index is 0.0415. The van der Waals surface area contributed by atoms with E-state index in [-0.39, 0.29) is 11.3 Å². The fourth-order valence-corrected chi connectivity index (χ4v) is 6.47. The first-order valence-electron chi connectivity index (χ1n) is 11.8. The molecule has 1 fully saturated rings. The highest BCUT2D eigenvalue weighted by Gasteiger charge is 2.43. The number of anilines is 2. The van der Waals surface area contributed by atoms with Gasteiger partial charge in [0.25, 0.3) is 0 Å². The molecule has 1 spiro atoms. The van der Waals surface area contributed by atoms with Gasteiger partial charge < -0.3 is 4.90 Å². The van der Waals surface area contributed by atoms with Crippen molar-refractivity contribution in [3.63, 3.8) is 0 Å². The fraction of sp³-hybridized carbons (Fsp3) is 0.333. The van der Waals surface area contributed by atoms with E-state index >= 15 is 0 Å². The van der Waals surface area contributed by atoms with Crippen LogP contribution in [0.15, 0.2) is 60.5 Å². The van der Waals surface area contributed by atoms with Gasteiger partial charge in [0.1, 0.15) is 0 Å². The summed E-state index contributed by atoms with van der Waals surface area (Å²) >= 11 is 13.7. The van der Waals surface area contributed by atoms with Gasteiger partial charge in [-0.25, -0.2) is 4.98 Å². The maximum atomic E-state index is 13.4. The number of halogens is 2. The average molecular weight is 528 g/mol. The van der Waals surface area contributed by atoms with E-state index in [2.05, 4.69) is 47.7 Å². The summed E-state index contributed by atoms with van der Waals surface area (Å²) in [6.45, 7) is 7.51. The first-order chi connectivity index (χ1) is 16.9. The monoisotopic (exact) mass is 526 g/mol. The Morgan fingerprint density at radius 2 is 1.97 bits per heavy atom. The standard InChI is InChI=1S/C27H28Cl2N4OS/c1-3-12-33(26-30-23(17-35-26)19-8-9-21(28)22(29)15-19)25(34)16-32-13-10-27(11-14-32)18-31(2)24-7-5-4-6-20(24)27/h3-9,15,17H,1,10-14,16,18H2,2H3. The predicted molar refractivity (Wildman–Crippen MR) is 147 cm³/mol. The van der Waals surface area contributed by atoms with Gasteiger partial charge in [0.2, 0.25) is 5.91 Å². The Kier molecular flexibility index (Phi) is 6.91. The molecule has 0 N–H and O–H groups in total.